The molecule has 0 aliphatic heterocycles. The van der Waals surface area contributed by atoms with Crippen LogP contribution in [0.3, 0.4) is 0 Å². The molecule has 2 heterocycles. The van der Waals surface area contributed by atoms with Crippen molar-refractivity contribution in [3.8, 4) is 11.6 Å². The molecule has 8 heteroatoms. The molecule has 0 saturated carbocycles. The molecule has 0 bridgehead atoms. The Morgan fingerprint density at radius 2 is 1.73 bits per heavy atom. The summed E-state index contributed by atoms with van der Waals surface area (Å²) in [5, 5.41) is 4.20. The summed E-state index contributed by atoms with van der Waals surface area (Å²) < 4.78 is 61.6. The van der Waals surface area contributed by atoms with Gasteiger partial charge in [-0.2, -0.15) is 23.3 Å². The molecule has 0 saturated heterocycles. The number of rotatable bonds is 4. The van der Waals surface area contributed by atoms with Gasteiger partial charge in [-0.15, -0.1) is 0 Å². The molecule has 0 amide bonds. The highest BCUT2D eigenvalue weighted by Gasteiger charge is 2.36. The zero-order valence-electron chi connectivity index (χ0n) is 16.2. The number of aromatic nitrogens is 3. The Hall–Kier alpha value is -3.42. The van der Waals surface area contributed by atoms with Gasteiger partial charge in [0.25, 0.3) is 0 Å². The molecule has 2 aromatic heterocycles. The van der Waals surface area contributed by atoms with Crippen LogP contribution in [0.1, 0.15) is 22.4 Å². The van der Waals surface area contributed by atoms with Gasteiger partial charge in [0, 0.05) is 6.07 Å². The summed E-state index contributed by atoms with van der Waals surface area (Å²) >= 11 is 0. The minimum Gasteiger partial charge on any atom is -0.473 e. The highest BCUT2D eigenvalue weighted by Crippen LogP contribution is 2.38. The Morgan fingerprint density at radius 3 is 2.40 bits per heavy atom. The lowest BCUT2D eigenvalue weighted by molar-refractivity contribution is -0.136. The standard InChI is InChI=1S/C22H17F4N3O/c1-13-6-8-17(9-7-13)29-21-20(14(2)28-29)18(22(24,25)26)11-19(27-21)30-12-15-4-3-5-16(23)10-15/h3-11H,12H2,1-2H3. The smallest absolute Gasteiger partial charge is 0.417 e. The van der Waals surface area contributed by atoms with Gasteiger partial charge in [-0.05, 0) is 43.7 Å². The number of benzene rings is 2. The number of halogens is 4. The average Bonchev–Trinajstić information content (AvgIpc) is 3.02. The van der Waals surface area contributed by atoms with Crippen LogP contribution in [0.15, 0.2) is 54.6 Å². The third kappa shape index (κ3) is 3.85. The van der Waals surface area contributed by atoms with Gasteiger partial charge in [0.1, 0.15) is 12.4 Å². The van der Waals surface area contributed by atoms with Gasteiger partial charge in [-0.1, -0.05) is 29.8 Å². The van der Waals surface area contributed by atoms with E-state index in [0.717, 1.165) is 11.6 Å². The van der Waals surface area contributed by atoms with E-state index in [4.69, 9.17) is 4.74 Å². The molecule has 0 N–H and O–H groups in total. The molecule has 4 nitrogen and oxygen atoms in total. The summed E-state index contributed by atoms with van der Waals surface area (Å²) in [7, 11) is 0. The van der Waals surface area contributed by atoms with E-state index < -0.39 is 17.6 Å². The van der Waals surface area contributed by atoms with Crippen molar-refractivity contribution in [3.05, 3.63) is 82.8 Å². The monoisotopic (exact) mass is 415 g/mol. The molecule has 0 aliphatic rings. The van der Waals surface area contributed by atoms with Crippen LogP contribution in [0, 0.1) is 19.7 Å². The molecule has 0 fully saturated rings. The number of aryl methyl sites for hydroxylation is 2. The molecule has 0 unspecified atom stereocenters. The second-order valence-corrected chi connectivity index (χ2v) is 6.96. The fourth-order valence-electron chi connectivity index (χ4n) is 3.21. The van der Waals surface area contributed by atoms with Gasteiger partial charge < -0.3 is 4.74 Å². The summed E-state index contributed by atoms with van der Waals surface area (Å²) in [6.45, 7) is 3.30. The minimum atomic E-state index is -4.62. The van der Waals surface area contributed by atoms with Crippen LogP contribution >= 0.6 is 0 Å². The van der Waals surface area contributed by atoms with Crippen molar-refractivity contribution in [2.45, 2.75) is 26.6 Å². The molecular weight excluding hydrogens is 398 g/mol. The zero-order valence-corrected chi connectivity index (χ0v) is 16.2. The lowest BCUT2D eigenvalue weighted by Gasteiger charge is -2.12. The molecule has 0 atom stereocenters. The molecule has 154 valence electrons. The molecule has 4 rings (SSSR count). The minimum absolute atomic E-state index is 0.0421. The van der Waals surface area contributed by atoms with Crippen LogP contribution in [0.4, 0.5) is 17.6 Å². The number of hydrogen-bond donors (Lipinski definition) is 0. The lowest BCUT2D eigenvalue weighted by Crippen LogP contribution is -2.09. The number of alkyl halides is 3. The first kappa shape index (κ1) is 19.9. The molecule has 0 radical (unpaired) electrons. The molecule has 30 heavy (non-hydrogen) atoms. The van der Waals surface area contributed by atoms with Crippen molar-refractivity contribution in [2.24, 2.45) is 0 Å². The maximum Gasteiger partial charge on any atom is 0.417 e. The second kappa shape index (κ2) is 7.44. The van der Waals surface area contributed by atoms with E-state index in [-0.39, 0.29) is 29.2 Å². The third-order valence-electron chi connectivity index (χ3n) is 4.65. The zero-order chi connectivity index (χ0) is 21.5. The molecule has 2 aromatic carbocycles. The maximum atomic E-state index is 13.8. The molecular formula is C22H17F4N3O. The Morgan fingerprint density at radius 1 is 1.00 bits per heavy atom. The van der Waals surface area contributed by atoms with Gasteiger partial charge in [-0.3, -0.25) is 0 Å². The summed E-state index contributed by atoms with van der Waals surface area (Å²) in [5.74, 6) is -0.670. The predicted molar refractivity (Wildman–Crippen MR) is 104 cm³/mol. The van der Waals surface area contributed by atoms with E-state index in [0.29, 0.717) is 11.3 Å². The Kier molecular flexibility index (Phi) is 4.93. The highest BCUT2D eigenvalue weighted by atomic mass is 19.4. The Balaban J connectivity index is 1.83. The fraction of sp³-hybridized carbons (Fsp3) is 0.182. The third-order valence-corrected chi connectivity index (χ3v) is 4.65. The van der Waals surface area contributed by atoms with E-state index in [1.54, 1.807) is 18.2 Å². The van der Waals surface area contributed by atoms with Gasteiger partial charge in [-0.25, -0.2) is 9.07 Å². The largest absolute Gasteiger partial charge is 0.473 e. The molecule has 0 aliphatic carbocycles. The first-order valence-electron chi connectivity index (χ1n) is 9.14. The number of fused-ring (bicyclic) bond motifs is 1. The van der Waals surface area contributed by atoms with Crippen LogP contribution in [-0.2, 0) is 12.8 Å². The fourth-order valence-corrected chi connectivity index (χ4v) is 3.21. The number of pyridine rings is 1. The van der Waals surface area contributed by atoms with E-state index in [1.165, 1.54) is 29.8 Å². The van der Waals surface area contributed by atoms with Crippen molar-refractivity contribution >= 4 is 11.0 Å². The first-order chi connectivity index (χ1) is 14.2. The summed E-state index contributed by atoms with van der Waals surface area (Å²) in [6, 6.07) is 13.7. The average molecular weight is 415 g/mol. The van der Waals surface area contributed by atoms with Crippen molar-refractivity contribution in [3.63, 3.8) is 0 Å². The topological polar surface area (TPSA) is 39.9 Å². The first-order valence-corrected chi connectivity index (χ1v) is 9.14. The summed E-state index contributed by atoms with van der Waals surface area (Å²) in [4.78, 5) is 4.29. The van der Waals surface area contributed by atoms with E-state index in [9.17, 15) is 17.6 Å². The summed E-state index contributed by atoms with van der Waals surface area (Å²) in [6.07, 6.45) is -4.62. The van der Waals surface area contributed by atoms with Crippen LogP contribution in [0.2, 0.25) is 0 Å². The maximum absolute atomic E-state index is 13.8. The molecule has 4 aromatic rings. The van der Waals surface area contributed by atoms with Crippen molar-refractivity contribution < 1.29 is 22.3 Å². The highest BCUT2D eigenvalue weighted by molar-refractivity contribution is 5.84. The van der Waals surface area contributed by atoms with Crippen LogP contribution in [0.5, 0.6) is 5.88 Å². The van der Waals surface area contributed by atoms with E-state index >= 15 is 0 Å². The van der Waals surface area contributed by atoms with Gasteiger partial charge in [0.05, 0.1) is 22.3 Å². The summed E-state index contributed by atoms with van der Waals surface area (Å²) in [5.41, 5.74) is 1.45. The number of ether oxygens (including phenoxy) is 1. The van der Waals surface area contributed by atoms with Gasteiger partial charge >= 0.3 is 6.18 Å². The quantitative estimate of drug-likeness (QED) is 0.397. The van der Waals surface area contributed by atoms with Crippen molar-refractivity contribution in [1.29, 1.82) is 0 Å². The SMILES string of the molecule is Cc1ccc(-n2nc(C)c3c(C(F)(F)F)cc(OCc4cccc(F)c4)nc32)cc1. The Labute approximate surface area is 169 Å². The van der Waals surface area contributed by atoms with Crippen molar-refractivity contribution in [1.82, 2.24) is 14.8 Å². The van der Waals surface area contributed by atoms with Gasteiger partial charge in [0.2, 0.25) is 5.88 Å². The van der Waals surface area contributed by atoms with Crippen LogP contribution < -0.4 is 4.74 Å². The van der Waals surface area contributed by atoms with Gasteiger partial charge in [0.15, 0.2) is 5.65 Å². The van der Waals surface area contributed by atoms with E-state index in [1.807, 2.05) is 19.1 Å². The van der Waals surface area contributed by atoms with Crippen molar-refractivity contribution in [2.75, 3.05) is 0 Å². The van der Waals surface area contributed by atoms with Crippen LogP contribution in [0.25, 0.3) is 16.7 Å². The van der Waals surface area contributed by atoms with Crippen LogP contribution in [-0.4, -0.2) is 14.8 Å². The number of nitrogens with zero attached hydrogens (tertiary/aromatic N) is 3. The second-order valence-electron chi connectivity index (χ2n) is 6.96. The lowest BCUT2D eigenvalue weighted by atomic mass is 10.1. The van der Waals surface area contributed by atoms with E-state index in [2.05, 4.69) is 10.1 Å². The number of hydrogen-bond acceptors (Lipinski definition) is 3. The Bertz CT molecular complexity index is 1210. The normalized spacial score (nSPS) is 11.8. The molecule has 0 spiro atoms. The predicted octanol–water partition coefficient (Wildman–Crippen LogP) is 5.77.